The number of nitrogens with zero attached hydrogens (tertiary/aromatic N) is 2. The van der Waals surface area contributed by atoms with E-state index in [2.05, 4.69) is 10.4 Å². The number of carbonyl (C=O) groups excluding carboxylic acids is 1. The zero-order valence-electron chi connectivity index (χ0n) is 15.9. The van der Waals surface area contributed by atoms with E-state index in [1.54, 1.807) is 4.68 Å². The van der Waals surface area contributed by atoms with Crippen LogP contribution in [0.2, 0.25) is 0 Å². The molecule has 1 heterocycles. The summed E-state index contributed by atoms with van der Waals surface area (Å²) in [6.45, 7) is 0.680. The lowest BCUT2D eigenvalue weighted by Gasteiger charge is -2.21. The highest BCUT2D eigenvalue weighted by molar-refractivity contribution is 5.94. The molecule has 2 saturated carbocycles. The van der Waals surface area contributed by atoms with Crippen molar-refractivity contribution < 1.29 is 13.6 Å². The third-order valence-electron chi connectivity index (χ3n) is 6.82. The molecule has 1 aromatic heterocycles. The van der Waals surface area contributed by atoms with Gasteiger partial charge in [0, 0.05) is 24.1 Å². The van der Waals surface area contributed by atoms with Gasteiger partial charge in [-0.1, -0.05) is 19.3 Å². The van der Waals surface area contributed by atoms with Gasteiger partial charge in [0.15, 0.2) is 11.5 Å². The van der Waals surface area contributed by atoms with E-state index in [0.29, 0.717) is 30.0 Å². The van der Waals surface area contributed by atoms with Gasteiger partial charge >= 0.3 is 0 Å². The smallest absolute Gasteiger partial charge is 0.272 e. The van der Waals surface area contributed by atoms with Crippen molar-refractivity contribution in [3.05, 3.63) is 46.8 Å². The minimum atomic E-state index is -0.651. The van der Waals surface area contributed by atoms with Crippen LogP contribution in [-0.2, 0) is 0 Å². The Labute approximate surface area is 163 Å². The van der Waals surface area contributed by atoms with Crippen molar-refractivity contribution in [2.75, 3.05) is 6.54 Å². The lowest BCUT2D eigenvalue weighted by atomic mass is 9.89. The fourth-order valence-electron chi connectivity index (χ4n) is 5.45. The Kier molecular flexibility index (Phi) is 4.44. The Morgan fingerprint density at radius 2 is 1.89 bits per heavy atom. The van der Waals surface area contributed by atoms with Crippen LogP contribution in [0.5, 0.6) is 0 Å². The molecule has 3 aliphatic carbocycles. The van der Waals surface area contributed by atoms with Crippen molar-refractivity contribution in [2.24, 2.45) is 5.92 Å². The zero-order chi connectivity index (χ0) is 19.3. The number of amides is 1. The molecule has 1 amide bonds. The fourth-order valence-corrected chi connectivity index (χ4v) is 5.45. The first-order valence-corrected chi connectivity index (χ1v) is 10.5. The van der Waals surface area contributed by atoms with E-state index in [9.17, 15) is 13.6 Å². The number of hydrogen-bond donors (Lipinski definition) is 1. The van der Waals surface area contributed by atoms with Gasteiger partial charge in [-0.25, -0.2) is 13.5 Å². The number of benzene rings is 1. The molecule has 2 bridgehead atoms. The molecule has 0 unspecified atom stereocenters. The van der Waals surface area contributed by atoms with Crippen LogP contribution in [0.15, 0.2) is 18.2 Å². The molecule has 2 atom stereocenters. The van der Waals surface area contributed by atoms with Crippen LogP contribution in [0.1, 0.15) is 84.9 Å². The Balaban J connectivity index is 1.47. The number of nitrogens with one attached hydrogen (secondary N) is 1. The minimum Gasteiger partial charge on any atom is -0.350 e. The second kappa shape index (κ2) is 6.98. The predicted molar refractivity (Wildman–Crippen MR) is 102 cm³/mol. The summed E-state index contributed by atoms with van der Waals surface area (Å²) >= 11 is 0. The summed E-state index contributed by atoms with van der Waals surface area (Å²) < 4.78 is 29.4. The number of carbonyl (C=O) groups is 1. The molecular weight excluding hydrogens is 360 g/mol. The average molecular weight is 385 g/mol. The van der Waals surface area contributed by atoms with Gasteiger partial charge in [-0.2, -0.15) is 5.10 Å². The summed E-state index contributed by atoms with van der Waals surface area (Å²) in [5, 5.41) is 7.62. The van der Waals surface area contributed by atoms with Gasteiger partial charge in [-0.15, -0.1) is 0 Å². The largest absolute Gasteiger partial charge is 0.350 e. The first-order valence-electron chi connectivity index (χ1n) is 10.5. The van der Waals surface area contributed by atoms with E-state index < -0.39 is 11.6 Å². The molecule has 0 radical (unpaired) electrons. The lowest BCUT2D eigenvalue weighted by Crippen LogP contribution is -2.31. The number of aromatic nitrogens is 2. The van der Waals surface area contributed by atoms with Crippen molar-refractivity contribution in [1.82, 2.24) is 15.1 Å². The molecule has 1 aromatic carbocycles. The molecular formula is C22H25F2N3O. The summed E-state index contributed by atoms with van der Waals surface area (Å²) in [4.78, 5) is 13.0. The monoisotopic (exact) mass is 385 g/mol. The zero-order valence-corrected chi connectivity index (χ0v) is 15.9. The van der Waals surface area contributed by atoms with E-state index in [0.717, 1.165) is 49.4 Å². The Hall–Kier alpha value is -2.24. The average Bonchev–Trinajstić information content (AvgIpc) is 3.40. The third-order valence-corrected chi connectivity index (χ3v) is 6.82. The van der Waals surface area contributed by atoms with Crippen molar-refractivity contribution in [3.8, 4) is 5.69 Å². The van der Waals surface area contributed by atoms with Gasteiger partial charge in [-0.05, 0) is 56.1 Å². The molecule has 6 heteroatoms. The summed E-state index contributed by atoms with van der Waals surface area (Å²) in [5.74, 6) is -0.252. The molecule has 4 nitrogen and oxygen atoms in total. The molecule has 2 fully saturated rings. The maximum Gasteiger partial charge on any atom is 0.272 e. The van der Waals surface area contributed by atoms with Crippen molar-refractivity contribution in [3.63, 3.8) is 0 Å². The number of rotatable bonds is 4. The molecule has 0 spiro atoms. The van der Waals surface area contributed by atoms with Crippen LogP contribution in [0.25, 0.3) is 5.69 Å². The van der Waals surface area contributed by atoms with Crippen LogP contribution in [0, 0.1) is 17.6 Å². The van der Waals surface area contributed by atoms with Gasteiger partial charge < -0.3 is 5.32 Å². The quantitative estimate of drug-likeness (QED) is 0.820. The van der Waals surface area contributed by atoms with Crippen molar-refractivity contribution in [1.29, 1.82) is 0 Å². The summed E-state index contributed by atoms with van der Waals surface area (Å²) in [6.07, 6.45) is 9.17. The van der Waals surface area contributed by atoms with Gasteiger partial charge in [0.05, 0.1) is 5.69 Å². The summed E-state index contributed by atoms with van der Waals surface area (Å²) in [6, 6.07) is 3.52. The standard InChI is InChI=1S/C22H25F2N3O/c23-16-8-9-18(17(24)11-16)27-21-15-7-6-14(10-15)19(21)20(26-27)22(28)25-12-13-4-2-1-3-5-13/h8-9,11,13-15H,1-7,10,12H2,(H,25,28)/t14-,15-/m0/s1. The van der Waals surface area contributed by atoms with E-state index >= 15 is 0 Å². The molecule has 5 rings (SSSR count). The van der Waals surface area contributed by atoms with E-state index in [1.807, 2.05) is 0 Å². The molecule has 1 N–H and O–H groups in total. The SMILES string of the molecule is O=C(NCC1CCCCC1)c1nn(-c2ccc(F)cc2F)c2c1[C@H]1CC[C@H]2C1. The summed E-state index contributed by atoms with van der Waals surface area (Å²) in [7, 11) is 0. The highest BCUT2D eigenvalue weighted by Gasteiger charge is 2.44. The predicted octanol–water partition coefficient (Wildman–Crippen LogP) is 4.83. The molecule has 28 heavy (non-hydrogen) atoms. The summed E-state index contributed by atoms with van der Waals surface area (Å²) in [5.41, 5.74) is 2.59. The molecule has 2 aromatic rings. The van der Waals surface area contributed by atoms with Crippen LogP contribution in [0.3, 0.4) is 0 Å². The molecule has 0 aliphatic heterocycles. The highest BCUT2D eigenvalue weighted by Crippen LogP contribution is 2.54. The fraction of sp³-hybridized carbons (Fsp3) is 0.545. The third kappa shape index (κ3) is 2.93. The Morgan fingerprint density at radius 1 is 1.11 bits per heavy atom. The minimum absolute atomic E-state index is 0.157. The maximum absolute atomic E-state index is 14.4. The molecule has 148 valence electrons. The first-order chi connectivity index (χ1) is 13.6. The van der Waals surface area contributed by atoms with Crippen molar-refractivity contribution >= 4 is 5.91 Å². The normalized spacial score (nSPS) is 23.8. The number of fused-ring (bicyclic) bond motifs is 5. The number of halogens is 2. The lowest BCUT2D eigenvalue weighted by molar-refractivity contribution is 0.0936. The maximum atomic E-state index is 14.4. The number of hydrogen-bond acceptors (Lipinski definition) is 2. The topological polar surface area (TPSA) is 46.9 Å². The van der Waals surface area contributed by atoms with E-state index in [-0.39, 0.29) is 11.6 Å². The molecule has 3 aliphatic rings. The Morgan fingerprint density at radius 3 is 2.68 bits per heavy atom. The van der Waals surface area contributed by atoms with Crippen LogP contribution < -0.4 is 5.32 Å². The van der Waals surface area contributed by atoms with Gasteiger partial charge in [0.1, 0.15) is 11.5 Å². The second-order valence-corrected chi connectivity index (χ2v) is 8.58. The second-order valence-electron chi connectivity index (χ2n) is 8.58. The van der Waals surface area contributed by atoms with E-state index in [1.165, 1.54) is 31.4 Å². The molecule has 0 saturated heterocycles. The van der Waals surface area contributed by atoms with Crippen LogP contribution in [-0.4, -0.2) is 22.2 Å². The van der Waals surface area contributed by atoms with Gasteiger partial charge in [-0.3, -0.25) is 4.79 Å². The van der Waals surface area contributed by atoms with Gasteiger partial charge in [0.2, 0.25) is 0 Å². The van der Waals surface area contributed by atoms with Crippen molar-refractivity contribution in [2.45, 2.75) is 63.2 Å². The van der Waals surface area contributed by atoms with Gasteiger partial charge in [0.25, 0.3) is 5.91 Å². The Bertz CT molecular complexity index is 917. The van der Waals surface area contributed by atoms with E-state index in [4.69, 9.17) is 0 Å². The van der Waals surface area contributed by atoms with Crippen LogP contribution >= 0.6 is 0 Å². The van der Waals surface area contributed by atoms with Crippen LogP contribution in [0.4, 0.5) is 8.78 Å². The highest BCUT2D eigenvalue weighted by atomic mass is 19.1. The first kappa shape index (κ1) is 17.8.